The summed E-state index contributed by atoms with van der Waals surface area (Å²) in [5.74, 6) is 0.382. The van der Waals surface area contributed by atoms with Gasteiger partial charge in [0.25, 0.3) is 0 Å². The third-order valence-electron chi connectivity index (χ3n) is 3.41. The first-order valence-electron chi connectivity index (χ1n) is 7.70. The smallest absolute Gasteiger partial charge is 0.421 e. The second-order valence-corrected chi connectivity index (χ2v) is 5.13. The summed E-state index contributed by atoms with van der Waals surface area (Å²) >= 11 is 0. The van der Waals surface area contributed by atoms with Crippen molar-refractivity contribution in [1.29, 1.82) is 0 Å². The van der Waals surface area contributed by atoms with Crippen LogP contribution in [-0.4, -0.2) is 48.6 Å². The largest absolute Gasteiger partial charge is 0.475 e. The van der Waals surface area contributed by atoms with Crippen molar-refractivity contribution in [3.05, 3.63) is 23.9 Å². The Bertz CT molecular complexity index is 528. The fourth-order valence-corrected chi connectivity index (χ4v) is 2.37. The number of nitrogens with zero attached hydrogens (tertiary/aromatic N) is 3. The van der Waals surface area contributed by atoms with Crippen LogP contribution in [0.2, 0.25) is 0 Å². The highest BCUT2D eigenvalue weighted by Crippen LogP contribution is 2.34. The lowest BCUT2D eigenvalue weighted by Gasteiger charge is -2.20. The van der Waals surface area contributed by atoms with Gasteiger partial charge in [-0.05, 0) is 31.9 Å². The summed E-state index contributed by atoms with van der Waals surface area (Å²) in [5, 5.41) is 3.18. The molecule has 5 nitrogen and oxygen atoms in total. The molecule has 1 aliphatic rings. The molecule has 23 heavy (non-hydrogen) atoms. The molecule has 1 N–H and O–H groups in total. The van der Waals surface area contributed by atoms with Gasteiger partial charge >= 0.3 is 6.18 Å². The minimum Gasteiger partial charge on any atom is -0.475 e. The summed E-state index contributed by atoms with van der Waals surface area (Å²) in [7, 11) is 0. The third-order valence-corrected chi connectivity index (χ3v) is 3.41. The molecule has 0 radical (unpaired) electrons. The topological polar surface area (TPSA) is 49.8 Å². The number of aliphatic imine (C=N–C) groups is 1. The molecule has 2 heterocycles. The summed E-state index contributed by atoms with van der Waals surface area (Å²) in [6.07, 6.45) is -0.937. The Morgan fingerprint density at radius 2 is 2.13 bits per heavy atom. The van der Waals surface area contributed by atoms with Crippen LogP contribution in [0.25, 0.3) is 0 Å². The SMILES string of the molecule is CCNC(=NCCOc1ncccc1C(F)(F)F)N1CCCC1. The summed E-state index contributed by atoms with van der Waals surface area (Å²) in [5.41, 5.74) is -0.865. The van der Waals surface area contributed by atoms with Gasteiger partial charge in [0.2, 0.25) is 5.88 Å². The van der Waals surface area contributed by atoms with Crippen LogP contribution < -0.4 is 10.1 Å². The predicted molar refractivity (Wildman–Crippen MR) is 81.5 cm³/mol. The zero-order chi connectivity index (χ0) is 16.7. The van der Waals surface area contributed by atoms with Crippen LogP contribution in [0.5, 0.6) is 5.88 Å². The molecule has 128 valence electrons. The van der Waals surface area contributed by atoms with Crippen molar-refractivity contribution in [3.8, 4) is 5.88 Å². The van der Waals surface area contributed by atoms with Gasteiger partial charge in [-0.2, -0.15) is 13.2 Å². The Labute approximate surface area is 133 Å². The third kappa shape index (κ3) is 5.01. The lowest BCUT2D eigenvalue weighted by atomic mass is 10.2. The molecule has 0 saturated carbocycles. The first-order chi connectivity index (χ1) is 11.0. The predicted octanol–water partition coefficient (Wildman–Crippen LogP) is 2.54. The van der Waals surface area contributed by atoms with Gasteiger partial charge in [-0.3, -0.25) is 0 Å². The normalized spacial score (nSPS) is 15.8. The minimum absolute atomic E-state index is 0.0445. The number of ether oxygens (including phenoxy) is 1. The molecule has 8 heteroatoms. The van der Waals surface area contributed by atoms with E-state index in [1.54, 1.807) is 0 Å². The molecule has 0 bridgehead atoms. The van der Waals surface area contributed by atoms with E-state index in [1.165, 1.54) is 12.3 Å². The first kappa shape index (κ1) is 17.4. The van der Waals surface area contributed by atoms with E-state index < -0.39 is 17.6 Å². The number of pyridine rings is 1. The summed E-state index contributed by atoms with van der Waals surface area (Å²) in [6.45, 7) is 4.94. The molecular weight excluding hydrogens is 309 g/mol. The Hall–Kier alpha value is -1.99. The zero-order valence-electron chi connectivity index (χ0n) is 13.1. The highest BCUT2D eigenvalue weighted by molar-refractivity contribution is 5.80. The second kappa shape index (κ2) is 8.03. The van der Waals surface area contributed by atoms with Crippen molar-refractivity contribution in [2.45, 2.75) is 25.9 Å². The number of guanidine groups is 1. The number of nitrogens with one attached hydrogen (secondary N) is 1. The van der Waals surface area contributed by atoms with Crippen LogP contribution in [0.4, 0.5) is 13.2 Å². The Balaban J connectivity index is 1.92. The average molecular weight is 330 g/mol. The summed E-state index contributed by atoms with van der Waals surface area (Å²) in [4.78, 5) is 10.2. The van der Waals surface area contributed by atoms with E-state index in [1.807, 2.05) is 6.92 Å². The molecule has 0 unspecified atom stereocenters. The van der Waals surface area contributed by atoms with Crippen molar-refractivity contribution in [3.63, 3.8) is 0 Å². The maximum atomic E-state index is 12.8. The Morgan fingerprint density at radius 3 is 2.78 bits per heavy atom. The van der Waals surface area contributed by atoms with Crippen LogP contribution in [0, 0.1) is 0 Å². The van der Waals surface area contributed by atoms with Crippen molar-refractivity contribution < 1.29 is 17.9 Å². The van der Waals surface area contributed by atoms with Crippen molar-refractivity contribution >= 4 is 5.96 Å². The van der Waals surface area contributed by atoms with Gasteiger partial charge in [0.1, 0.15) is 12.2 Å². The molecule has 1 fully saturated rings. The maximum Gasteiger partial charge on any atom is 0.421 e. The van der Waals surface area contributed by atoms with Crippen molar-refractivity contribution in [2.24, 2.45) is 4.99 Å². The van der Waals surface area contributed by atoms with Crippen molar-refractivity contribution in [1.82, 2.24) is 15.2 Å². The Kier molecular flexibility index (Phi) is 6.06. The highest BCUT2D eigenvalue weighted by Gasteiger charge is 2.34. The molecule has 0 aromatic carbocycles. The number of halogens is 3. The molecule has 0 amide bonds. The minimum atomic E-state index is -4.47. The highest BCUT2D eigenvalue weighted by atomic mass is 19.4. The van der Waals surface area contributed by atoms with Crippen molar-refractivity contribution in [2.75, 3.05) is 32.8 Å². The van der Waals surface area contributed by atoms with E-state index in [-0.39, 0.29) is 13.2 Å². The maximum absolute atomic E-state index is 12.8. The lowest BCUT2D eigenvalue weighted by Crippen LogP contribution is -2.39. The molecule has 0 atom stereocenters. The number of hydrogen-bond donors (Lipinski definition) is 1. The van der Waals surface area contributed by atoms with Gasteiger partial charge < -0.3 is 15.0 Å². The average Bonchev–Trinajstić information content (AvgIpc) is 3.04. The van der Waals surface area contributed by atoms with Gasteiger partial charge in [0, 0.05) is 25.8 Å². The van der Waals surface area contributed by atoms with E-state index >= 15 is 0 Å². The van der Waals surface area contributed by atoms with Gasteiger partial charge in [0.05, 0.1) is 6.54 Å². The van der Waals surface area contributed by atoms with Gasteiger partial charge in [0.15, 0.2) is 5.96 Å². The monoisotopic (exact) mass is 330 g/mol. The number of hydrogen-bond acceptors (Lipinski definition) is 3. The zero-order valence-corrected chi connectivity index (χ0v) is 13.1. The van der Waals surface area contributed by atoms with E-state index in [2.05, 4.69) is 20.2 Å². The molecule has 0 aliphatic carbocycles. The standard InChI is InChI=1S/C15H21F3N4O/c1-2-19-14(22-9-3-4-10-22)21-8-11-23-13-12(15(16,17)18)6-5-7-20-13/h5-7H,2-4,8-11H2,1H3,(H,19,21). The van der Waals surface area contributed by atoms with Gasteiger partial charge in [-0.25, -0.2) is 9.98 Å². The number of rotatable bonds is 5. The van der Waals surface area contributed by atoms with Crippen LogP contribution in [-0.2, 0) is 6.18 Å². The van der Waals surface area contributed by atoms with E-state index in [0.717, 1.165) is 44.5 Å². The van der Waals surface area contributed by atoms with Crippen LogP contribution >= 0.6 is 0 Å². The fourth-order valence-electron chi connectivity index (χ4n) is 2.37. The number of alkyl halides is 3. The lowest BCUT2D eigenvalue weighted by molar-refractivity contribution is -0.139. The summed E-state index contributed by atoms with van der Waals surface area (Å²) < 4.78 is 43.6. The van der Waals surface area contributed by atoms with E-state index in [4.69, 9.17) is 4.74 Å². The van der Waals surface area contributed by atoms with E-state index in [0.29, 0.717) is 0 Å². The molecule has 1 aromatic rings. The second-order valence-electron chi connectivity index (χ2n) is 5.13. The van der Waals surface area contributed by atoms with Crippen LogP contribution in [0.1, 0.15) is 25.3 Å². The van der Waals surface area contributed by atoms with Crippen LogP contribution in [0.3, 0.4) is 0 Å². The fraction of sp³-hybridized carbons (Fsp3) is 0.600. The molecule has 0 spiro atoms. The van der Waals surface area contributed by atoms with Gasteiger partial charge in [-0.15, -0.1) is 0 Å². The molecule has 1 aliphatic heterocycles. The molecule has 1 saturated heterocycles. The number of likely N-dealkylation sites (tertiary alicyclic amines) is 1. The quantitative estimate of drug-likeness (QED) is 0.512. The van der Waals surface area contributed by atoms with Crippen LogP contribution in [0.15, 0.2) is 23.3 Å². The Morgan fingerprint density at radius 1 is 1.39 bits per heavy atom. The molecular formula is C15H21F3N4O. The van der Waals surface area contributed by atoms with Gasteiger partial charge in [-0.1, -0.05) is 0 Å². The first-order valence-corrected chi connectivity index (χ1v) is 7.70. The number of aromatic nitrogens is 1. The molecule has 2 rings (SSSR count). The summed E-state index contributed by atoms with van der Waals surface area (Å²) in [6, 6.07) is 2.20. The van der Waals surface area contributed by atoms with E-state index in [9.17, 15) is 13.2 Å². The molecule has 1 aromatic heterocycles.